The van der Waals surface area contributed by atoms with Crippen LogP contribution < -0.4 is 0 Å². The van der Waals surface area contributed by atoms with Crippen molar-refractivity contribution >= 4 is 13.2 Å². The topological polar surface area (TPSA) is 48.0 Å². The molecule has 2 heterocycles. The molecule has 22 heavy (non-hydrogen) atoms. The quantitative estimate of drug-likeness (QED) is 0.733. The van der Waals surface area contributed by atoms with Crippen molar-refractivity contribution in [3.63, 3.8) is 0 Å². The highest BCUT2D eigenvalue weighted by Crippen LogP contribution is 2.39. The summed E-state index contributed by atoms with van der Waals surface area (Å²) in [5.74, 6) is 0. The standard InChI is InChI=1S/C16H30BNO4/c1-14(2,3)20-13(19)18-10-8-9-12(18)11-17-21-15(4,5)16(6,7)22-17/h12H,8-11H2,1-7H3/t12-/m1/s1. The largest absolute Gasteiger partial charge is 0.459 e. The number of carbonyl (C=O) groups excluding carboxylic acids is 1. The van der Waals surface area contributed by atoms with E-state index in [-0.39, 0.29) is 30.5 Å². The Morgan fingerprint density at radius 3 is 2.27 bits per heavy atom. The lowest BCUT2D eigenvalue weighted by Gasteiger charge is -2.32. The van der Waals surface area contributed by atoms with Crippen molar-refractivity contribution in [2.45, 2.75) is 90.5 Å². The van der Waals surface area contributed by atoms with Crippen molar-refractivity contribution in [3.8, 4) is 0 Å². The van der Waals surface area contributed by atoms with Crippen LogP contribution in [0.3, 0.4) is 0 Å². The first-order valence-electron chi connectivity index (χ1n) is 8.26. The Hall–Kier alpha value is -0.745. The van der Waals surface area contributed by atoms with Crippen LogP contribution in [-0.4, -0.2) is 47.5 Å². The Kier molecular flexibility index (Phi) is 4.57. The zero-order valence-corrected chi connectivity index (χ0v) is 15.1. The Labute approximate surface area is 134 Å². The number of rotatable bonds is 2. The lowest BCUT2D eigenvalue weighted by atomic mass is 9.80. The van der Waals surface area contributed by atoms with Crippen molar-refractivity contribution < 1.29 is 18.8 Å². The van der Waals surface area contributed by atoms with Gasteiger partial charge in [0, 0.05) is 18.9 Å². The lowest BCUT2D eigenvalue weighted by molar-refractivity contribution is 0.00578. The van der Waals surface area contributed by atoms with Crippen LogP contribution >= 0.6 is 0 Å². The van der Waals surface area contributed by atoms with E-state index in [9.17, 15) is 4.79 Å². The minimum Gasteiger partial charge on any atom is -0.444 e. The summed E-state index contributed by atoms with van der Waals surface area (Å²) in [6, 6.07) is 0.129. The zero-order chi connectivity index (χ0) is 16.8. The average molecular weight is 311 g/mol. The molecule has 2 aliphatic rings. The Morgan fingerprint density at radius 1 is 1.23 bits per heavy atom. The van der Waals surface area contributed by atoms with Gasteiger partial charge in [0.15, 0.2) is 0 Å². The summed E-state index contributed by atoms with van der Waals surface area (Å²) in [6.07, 6.45) is 2.45. The Bertz CT molecular complexity index is 414. The maximum Gasteiger partial charge on any atom is 0.459 e. The smallest absolute Gasteiger partial charge is 0.444 e. The molecule has 0 aromatic carbocycles. The van der Waals surface area contributed by atoms with Gasteiger partial charge in [-0.1, -0.05) is 0 Å². The van der Waals surface area contributed by atoms with Crippen molar-refractivity contribution in [1.29, 1.82) is 0 Å². The normalized spacial score (nSPS) is 27.3. The van der Waals surface area contributed by atoms with Gasteiger partial charge in [0.2, 0.25) is 0 Å². The average Bonchev–Trinajstić information content (AvgIpc) is 2.79. The summed E-state index contributed by atoms with van der Waals surface area (Å²) in [7, 11) is -0.266. The van der Waals surface area contributed by atoms with Gasteiger partial charge in [-0.3, -0.25) is 0 Å². The number of ether oxygens (including phenoxy) is 1. The SMILES string of the molecule is CC(C)(C)OC(=O)N1CCC[C@@H]1CB1OC(C)(C)C(C)(C)O1. The molecule has 0 aromatic rings. The van der Waals surface area contributed by atoms with Crippen LogP contribution in [0.1, 0.15) is 61.3 Å². The van der Waals surface area contributed by atoms with Crippen LogP contribution in [0.15, 0.2) is 0 Å². The first kappa shape index (κ1) is 17.6. The van der Waals surface area contributed by atoms with E-state index >= 15 is 0 Å². The van der Waals surface area contributed by atoms with E-state index in [0.29, 0.717) is 6.32 Å². The number of hydrogen-bond acceptors (Lipinski definition) is 4. The number of hydrogen-bond donors (Lipinski definition) is 0. The molecular weight excluding hydrogens is 281 g/mol. The molecule has 2 rings (SSSR count). The zero-order valence-electron chi connectivity index (χ0n) is 15.1. The molecule has 1 amide bonds. The van der Waals surface area contributed by atoms with Gasteiger partial charge in [-0.15, -0.1) is 0 Å². The summed E-state index contributed by atoms with van der Waals surface area (Å²) in [4.78, 5) is 14.2. The van der Waals surface area contributed by atoms with Crippen molar-refractivity contribution in [3.05, 3.63) is 0 Å². The van der Waals surface area contributed by atoms with E-state index in [4.69, 9.17) is 14.0 Å². The molecule has 6 heteroatoms. The molecule has 126 valence electrons. The Balaban J connectivity index is 1.97. The number of amides is 1. The second-order valence-corrected chi connectivity index (χ2v) is 8.39. The van der Waals surface area contributed by atoms with E-state index < -0.39 is 5.60 Å². The third-order valence-electron chi connectivity index (χ3n) is 4.77. The predicted octanol–water partition coefficient (Wildman–Crippen LogP) is 3.48. The molecule has 5 nitrogen and oxygen atoms in total. The third-order valence-corrected chi connectivity index (χ3v) is 4.77. The fourth-order valence-electron chi connectivity index (χ4n) is 2.93. The number of carbonyl (C=O) groups is 1. The van der Waals surface area contributed by atoms with Crippen LogP contribution in [0, 0.1) is 0 Å². The van der Waals surface area contributed by atoms with Gasteiger partial charge >= 0.3 is 13.2 Å². The molecule has 2 fully saturated rings. The highest BCUT2D eigenvalue weighted by Gasteiger charge is 2.52. The first-order chi connectivity index (χ1) is 9.91. The highest BCUT2D eigenvalue weighted by molar-refractivity contribution is 6.45. The van der Waals surface area contributed by atoms with Gasteiger partial charge in [0.25, 0.3) is 0 Å². The van der Waals surface area contributed by atoms with E-state index in [0.717, 1.165) is 19.4 Å². The minimum atomic E-state index is -0.464. The lowest BCUT2D eigenvalue weighted by Crippen LogP contribution is -2.41. The van der Waals surface area contributed by atoms with E-state index in [2.05, 4.69) is 0 Å². The maximum absolute atomic E-state index is 12.3. The fraction of sp³-hybridized carbons (Fsp3) is 0.938. The van der Waals surface area contributed by atoms with Gasteiger partial charge < -0.3 is 18.9 Å². The Morgan fingerprint density at radius 2 is 1.77 bits per heavy atom. The van der Waals surface area contributed by atoms with Gasteiger partial charge in [-0.2, -0.15) is 0 Å². The van der Waals surface area contributed by atoms with Crippen LogP contribution in [0.5, 0.6) is 0 Å². The molecule has 0 N–H and O–H groups in total. The first-order valence-corrected chi connectivity index (χ1v) is 8.26. The van der Waals surface area contributed by atoms with Gasteiger partial charge in [-0.05, 0) is 61.3 Å². The van der Waals surface area contributed by atoms with Crippen molar-refractivity contribution in [1.82, 2.24) is 4.90 Å². The minimum absolute atomic E-state index is 0.129. The second-order valence-electron chi connectivity index (χ2n) is 8.39. The monoisotopic (exact) mass is 311 g/mol. The van der Waals surface area contributed by atoms with Crippen LogP contribution in [0.25, 0.3) is 0 Å². The van der Waals surface area contributed by atoms with E-state index in [1.807, 2.05) is 53.4 Å². The second kappa shape index (κ2) is 5.71. The molecule has 2 aliphatic heterocycles. The number of likely N-dealkylation sites (tertiary alicyclic amines) is 1. The summed E-state index contributed by atoms with van der Waals surface area (Å²) in [6.45, 7) is 14.6. The third kappa shape index (κ3) is 3.77. The summed E-state index contributed by atoms with van der Waals surface area (Å²) in [5.41, 5.74) is -1.12. The van der Waals surface area contributed by atoms with E-state index in [1.165, 1.54) is 0 Å². The molecule has 0 radical (unpaired) electrons. The highest BCUT2D eigenvalue weighted by atomic mass is 16.7. The van der Waals surface area contributed by atoms with E-state index in [1.54, 1.807) is 0 Å². The van der Waals surface area contributed by atoms with Crippen molar-refractivity contribution in [2.75, 3.05) is 6.54 Å². The predicted molar refractivity (Wildman–Crippen MR) is 86.9 cm³/mol. The molecule has 0 saturated carbocycles. The van der Waals surface area contributed by atoms with Crippen molar-refractivity contribution in [2.24, 2.45) is 0 Å². The number of nitrogens with zero attached hydrogens (tertiary/aromatic N) is 1. The molecule has 0 aromatic heterocycles. The van der Waals surface area contributed by atoms with Crippen LogP contribution in [0.2, 0.25) is 6.32 Å². The van der Waals surface area contributed by atoms with Gasteiger partial charge in [0.1, 0.15) is 5.60 Å². The molecule has 0 bridgehead atoms. The fourth-order valence-corrected chi connectivity index (χ4v) is 2.93. The van der Waals surface area contributed by atoms with Gasteiger partial charge in [0.05, 0.1) is 11.2 Å². The summed E-state index contributed by atoms with van der Waals surface area (Å²) >= 11 is 0. The summed E-state index contributed by atoms with van der Waals surface area (Å²) < 4.78 is 17.6. The van der Waals surface area contributed by atoms with Crippen LogP contribution in [-0.2, 0) is 14.0 Å². The maximum atomic E-state index is 12.3. The molecule has 0 spiro atoms. The van der Waals surface area contributed by atoms with Crippen LogP contribution in [0.4, 0.5) is 4.79 Å². The summed E-state index contributed by atoms with van der Waals surface area (Å²) in [5, 5.41) is 0. The molecule has 0 unspecified atom stereocenters. The molecule has 0 aliphatic carbocycles. The molecule has 1 atom stereocenters. The molecule has 2 saturated heterocycles. The molecular formula is C16H30BNO4. The van der Waals surface area contributed by atoms with Gasteiger partial charge in [-0.25, -0.2) is 4.79 Å².